The van der Waals surface area contributed by atoms with Crippen LogP contribution in [0.3, 0.4) is 0 Å². The summed E-state index contributed by atoms with van der Waals surface area (Å²) in [5.74, 6) is -0.539. The van der Waals surface area contributed by atoms with Crippen LogP contribution >= 0.6 is 0 Å². The molecule has 0 spiro atoms. The van der Waals surface area contributed by atoms with Crippen molar-refractivity contribution in [2.24, 2.45) is 0 Å². The van der Waals surface area contributed by atoms with Gasteiger partial charge in [0.25, 0.3) is 0 Å². The fraction of sp³-hybridized carbons (Fsp3) is 0.381. The molecule has 2 aliphatic heterocycles. The van der Waals surface area contributed by atoms with Crippen LogP contribution in [0.25, 0.3) is 0 Å². The molecule has 0 saturated carbocycles. The van der Waals surface area contributed by atoms with Crippen molar-refractivity contribution in [2.75, 3.05) is 34.4 Å². The average Bonchev–Trinajstić information content (AvgIpc) is 2.73. The first-order chi connectivity index (χ1) is 14.4. The van der Waals surface area contributed by atoms with Gasteiger partial charge in [0.05, 0.1) is 11.5 Å². The van der Waals surface area contributed by atoms with Crippen LogP contribution in [0.2, 0.25) is 0 Å². The zero-order valence-corrected chi connectivity index (χ0v) is 16.8. The van der Waals surface area contributed by atoms with Gasteiger partial charge in [-0.15, -0.1) is 0 Å². The number of aromatic nitrogens is 2. The number of Topliss-reactive ketones (excluding diaryl/α,β-unsaturated/α-hetero) is 1. The molecule has 1 saturated heterocycles. The molecule has 156 valence electrons. The van der Waals surface area contributed by atoms with Gasteiger partial charge in [-0.1, -0.05) is 0 Å². The number of hydrogen-bond acceptors (Lipinski definition) is 7. The average molecular weight is 408 g/mol. The molecule has 9 nitrogen and oxygen atoms in total. The minimum absolute atomic E-state index is 0.0407. The van der Waals surface area contributed by atoms with Crippen molar-refractivity contribution in [3.05, 3.63) is 35.4 Å². The van der Waals surface area contributed by atoms with Crippen LogP contribution in [-0.2, 0) is 9.59 Å². The molecule has 0 aliphatic carbocycles. The Bertz CT molecular complexity index is 999. The van der Waals surface area contributed by atoms with Gasteiger partial charge in [-0.2, -0.15) is 9.97 Å². The van der Waals surface area contributed by atoms with Crippen molar-refractivity contribution in [3.63, 3.8) is 0 Å². The summed E-state index contributed by atoms with van der Waals surface area (Å²) in [5, 5.41) is 5.53. The Morgan fingerprint density at radius 2 is 1.83 bits per heavy atom. The first-order valence-corrected chi connectivity index (χ1v) is 10.1. The predicted octanol–water partition coefficient (Wildman–Crippen LogP) is 2.32. The molecule has 2 amide bonds. The van der Waals surface area contributed by atoms with E-state index in [0.29, 0.717) is 28.6 Å². The van der Waals surface area contributed by atoms with Crippen LogP contribution in [0.15, 0.2) is 24.3 Å². The van der Waals surface area contributed by atoms with Crippen LogP contribution in [0.1, 0.15) is 54.4 Å². The Morgan fingerprint density at radius 3 is 2.50 bits per heavy atom. The molecule has 3 heterocycles. The van der Waals surface area contributed by atoms with E-state index in [4.69, 9.17) is 5.73 Å². The van der Waals surface area contributed by atoms with Gasteiger partial charge in [-0.05, 0) is 50.5 Å². The molecule has 0 bridgehead atoms. The van der Waals surface area contributed by atoms with Gasteiger partial charge in [-0.3, -0.25) is 14.4 Å². The summed E-state index contributed by atoms with van der Waals surface area (Å²) in [5.41, 5.74) is 7.74. The predicted molar refractivity (Wildman–Crippen MR) is 114 cm³/mol. The minimum atomic E-state index is -0.795. The van der Waals surface area contributed by atoms with Gasteiger partial charge in [-0.25, -0.2) is 0 Å². The van der Waals surface area contributed by atoms with Gasteiger partial charge in [0.15, 0.2) is 5.78 Å². The fourth-order valence-corrected chi connectivity index (χ4v) is 3.86. The molecule has 9 heteroatoms. The van der Waals surface area contributed by atoms with Crippen LogP contribution in [0.4, 0.5) is 23.3 Å². The molecule has 4 rings (SSSR count). The lowest BCUT2D eigenvalue weighted by atomic mass is 9.91. The Kier molecular flexibility index (Phi) is 5.35. The zero-order chi connectivity index (χ0) is 21.3. The van der Waals surface area contributed by atoms with Crippen molar-refractivity contribution >= 4 is 40.9 Å². The summed E-state index contributed by atoms with van der Waals surface area (Å²) >= 11 is 0. The number of nitrogen functional groups attached to an aromatic ring is 1. The summed E-state index contributed by atoms with van der Waals surface area (Å²) in [7, 11) is 0. The standard InChI is InChI=1S/C21H24N6O3/c1-12(28)13-5-7-14(8-6-13)23-20(30)15-11-16(29)24-19-17(15)18(22)25-21(26-19)27-9-3-2-4-10-27/h5-8,15H,2-4,9-11H2,1H3,(H,23,30)(H3,22,24,25,26,29)/t15-/m1/s1. The van der Waals surface area contributed by atoms with E-state index < -0.39 is 5.92 Å². The maximum atomic E-state index is 13.0. The third-order valence-electron chi connectivity index (χ3n) is 5.47. The molecular formula is C21H24N6O3. The highest BCUT2D eigenvalue weighted by Gasteiger charge is 2.35. The molecule has 1 aromatic carbocycles. The number of nitrogens with one attached hydrogen (secondary N) is 2. The van der Waals surface area contributed by atoms with E-state index in [9.17, 15) is 14.4 Å². The number of nitrogens with two attached hydrogens (primary N) is 1. The van der Waals surface area contributed by atoms with E-state index in [2.05, 4.69) is 20.6 Å². The summed E-state index contributed by atoms with van der Waals surface area (Å²) < 4.78 is 0. The number of carbonyl (C=O) groups excluding carboxylic acids is 3. The lowest BCUT2D eigenvalue weighted by molar-refractivity contribution is -0.123. The van der Waals surface area contributed by atoms with Crippen molar-refractivity contribution in [3.8, 4) is 0 Å². The minimum Gasteiger partial charge on any atom is -0.383 e. The summed E-state index contributed by atoms with van der Waals surface area (Å²) in [4.78, 5) is 47.6. The topological polar surface area (TPSA) is 130 Å². The molecule has 1 aromatic heterocycles. The SMILES string of the molecule is CC(=O)c1ccc(NC(=O)[C@@H]2CC(=O)Nc3nc(N4CCCCC4)nc(N)c32)cc1. The number of nitrogens with zero attached hydrogens (tertiary/aromatic N) is 3. The van der Waals surface area contributed by atoms with Crippen molar-refractivity contribution < 1.29 is 14.4 Å². The summed E-state index contributed by atoms with van der Waals surface area (Å²) in [6.07, 6.45) is 3.24. The molecule has 2 aromatic rings. The Morgan fingerprint density at radius 1 is 1.13 bits per heavy atom. The van der Waals surface area contributed by atoms with E-state index in [0.717, 1.165) is 25.9 Å². The normalized spacial score (nSPS) is 18.4. The van der Waals surface area contributed by atoms with E-state index in [-0.39, 0.29) is 29.8 Å². The molecule has 1 atom stereocenters. The second-order valence-electron chi connectivity index (χ2n) is 7.65. The zero-order valence-electron chi connectivity index (χ0n) is 16.8. The van der Waals surface area contributed by atoms with E-state index in [1.807, 2.05) is 4.90 Å². The number of ketones is 1. The number of amides is 2. The number of carbonyl (C=O) groups is 3. The molecule has 0 unspecified atom stereocenters. The molecule has 4 N–H and O–H groups in total. The van der Waals surface area contributed by atoms with E-state index >= 15 is 0 Å². The highest BCUT2D eigenvalue weighted by Crippen LogP contribution is 2.36. The summed E-state index contributed by atoms with van der Waals surface area (Å²) in [6, 6.07) is 6.58. The third kappa shape index (κ3) is 3.96. The lowest BCUT2D eigenvalue weighted by Gasteiger charge is -2.30. The van der Waals surface area contributed by atoms with Crippen molar-refractivity contribution in [2.45, 2.75) is 38.5 Å². The molecule has 30 heavy (non-hydrogen) atoms. The van der Waals surface area contributed by atoms with Gasteiger partial charge < -0.3 is 21.3 Å². The number of piperidine rings is 1. The third-order valence-corrected chi connectivity index (χ3v) is 5.47. The number of benzene rings is 1. The molecule has 0 radical (unpaired) electrons. The first-order valence-electron chi connectivity index (χ1n) is 10.1. The van der Waals surface area contributed by atoms with Gasteiger partial charge in [0.1, 0.15) is 11.6 Å². The second kappa shape index (κ2) is 8.10. The first kappa shape index (κ1) is 19.8. The second-order valence-corrected chi connectivity index (χ2v) is 7.65. The molecular weight excluding hydrogens is 384 g/mol. The number of fused-ring (bicyclic) bond motifs is 1. The van der Waals surface area contributed by atoms with E-state index in [1.165, 1.54) is 13.3 Å². The Balaban J connectivity index is 1.59. The van der Waals surface area contributed by atoms with Crippen molar-refractivity contribution in [1.29, 1.82) is 0 Å². The maximum Gasteiger partial charge on any atom is 0.232 e. The summed E-state index contributed by atoms with van der Waals surface area (Å²) in [6.45, 7) is 3.16. The smallest absolute Gasteiger partial charge is 0.232 e. The van der Waals surface area contributed by atoms with Crippen LogP contribution < -0.4 is 21.3 Å². The monoisotopic (exact) mass is 408 g/mol. The Hall–Kier alpha value is -3.49. The highest BCUT2D eigenvalue weighted by atomic mass is 16.2. The molecule has 1 fully saturated rings. The maximum absolute atomic E-state index is 13.0. The molecule has 2 aliphatic rings. The van der Waals surface area contributed by atoms with Crippen LogP contribution in [0, 0.1) is 0 Å². The van der Waals surface area contributed by atoms with Crippen LogP contribution in [0.5, 0.6) is 0 Å². The Labute approximate surface area is 174 Å². The van der Waals surface area contributed by atoms with Crippen molar-refractivity contribution in [1.82, 2.24) is 9.97 Å². The highest BCUT2D eigenvalue weighted by molar-refractivity contribution is 6.05. The largest absolute Gasteiger partial charge is 0.383 e. The quantitative estimate of drug-likeness (QED) is 0.662. The number of anilines is 4. The van der Waals surface area contributed by atoms with E-state index in [1.54, 1.807) is 24.3 Å². The fourth-order valence-electron chi connectivity index (χ4n) is 3.86. The number of rotatable bonds is 4. The lowest BCUT2D eigenvalue weighted by Crippen LogP contribution is -2.35. The van der Waals surface area contributed by atoms with Gasteiger partial charge in [0, 0.05) is 30.8 Å². The van der Waals surface area contributed by atoms with Crippen LogP contribution in [-0.4, -0.2) is 40.7 Å². The van der Waals surface area contributed by atoms with Gasteiger partial charge >= 0.3 is 0 Å². The number of hydrogen-bond donors (Lipinski definition) is 3. The van der Waals surface area contributed by atoms with Gasteiger partial charge in [0.2, 0.25) is 17.8 Å².